The molecular formula is C22H21N3O3. The minimum absolute atomic E-state index is 0.321. The fraction of sp³-hybridized carbons (Fsp3) is 0.136. The van der Waals surface area contributed by atoms with Crippen LogP contribution in [0.2, 0.25) is 0 Å². The number of ether oxygens (including phenoxy) is 1. The fourth-order valence-corrected chi connectivity index (χ4v) is 2.85. The summed E-state index contributed by atoms with van der Waals surface area (Å²) >= 11 is 0. The maximum Gasteiger partial charge on any atom is 0.249 e. The second kappa shape index (κ2) is 8.81. The number of hydrazone groups is 1. The van der Waals surface area contributed by atoms with Gasteiger partial charge in [-0.05, 0) is 35.4 Å². The van der Waals surface area contributed by atoms with Gasteiger partial charge < -0.3 is 10.1 Å². The van der Waals surface area contributed by atoms with Crippen molar-refractivity contribution in [2.45, 2.75) is 13.3 Å². The van der Waals surface area contributed by atoms with Crippen LogP contribution in [0.4, 0.5) is 5.69 Å². The Bertz CT molecular complexity index is 1040. The first-order valence-corrected chi connectivity index (χ1v) is 8.81. The van der Waals surface area contributed by atoms with Gasteiger partial charge >= 0.3 is 0 Å². The number of benzene rings is 3. The van der Waals surface area contributed by atoms with E-state index in [2.05, 4.69) is 15.8 Å². The second-order valence-corrected chi connectivity index (χ2v) is 6.24. The van der Waals surface area contributed by atoms with E-state index in [1.807, 2.05) is 61.5 Å². The van der Waals surface area contributed by atoms with Crippen LogP contribution in [-0.2, 0) is 9.59 Å². The first-order chi connectivity index (χ1) is 13.6. The van der Waals surface area contributed by atoms with Crippen molar-refractivity contribution in [1.29, 1.82) is 0 Å². The molecule has 2 N–H and O–H groups in total. The number of hydrogen-bond donors (Lipinski definition) is 2. The molecule has 3 aromatic carbocycles. The SMILES string of the molecule is COc1ccc2ccccc2c1C=NNC(=O)CC(=O)Nc1ccccc1C. The zero-order chi connectivity index (χ0) is 19.9. The molecule has 3 rings (SSSR count). The molecule has 2 amide bonds. The van der Waals surface area contributed by atoms with E-state index in [9.17, 15) is 9.59 Å². The van der Waals surface area contributed by atoms with Gasteiger partial charge in [0.1, 0.15) is 12.2 Å². The standard InChI is InChI=1S/C22H21N3O3/c1-15-7-3-6-10-19(15)24-21(26)13-22(27)25-23-14-18-17-9-5-4-8-16(17)11-12-20(18)28-2/h3-12,14H,13H2,1-2H3,(H,24,26)(H,25,27). The molecule has 0 aromatic heterocycles. The molecule has 6 nitrogen and oxygen atoms in total. The molecule has 28 heavy (non-hydrogen) atoms. The number of para-hydroxylation sites is 1. The summed E-state index contributed by atoms with van der Waals surface area (Å²) in [7, 11) is 1.58. The van der Waals surface area contributed by atoms with Crippen molar-refractivity contribution in [1.82, 2.24) is 5.43 Å². The van der Waals surface area contributed by atoms with E-state index in [1.165, 1.54) is 6.21 Å². The number of carbonyl (C=O) groups is 2. The number of nitrogens with zero attached hydrogens (tertiary/aromatic N) is 1. The topological polar surface area (TPSA) is 79.8 Å². The van der Waals surface area contributed by atoms with Crippen molar-refractivity contribution < 1.29 is 14.3 Å². The largest absolute Gasteiger partial charge is 0.496 e. The van der Waals surface area contributed by atoms with Gasteiger partial charge in [0.05, 0.1) is 13.3 Å². The minimum Gasteiger partial charge on any atom is -0.496 e. The molecule has 142 valence electrons. The van der Waals surface area contributed by atoms with Crippen LogP contribution >= 0.6 is 0 Å². The van der Waals surface area contributed by atoms with Crippen LogP contribution in [0.25, 0.3) is 10.8 Å². The van der Waals surface area contributed by atoms with Crippen LogP contribution in [0.3, 0.4) is 0 Å². The smallest absolute Gasteiger partial charge is 0.249 e. The lowest BCUT2D eigenvalue weighted by molar-refractivity contribution is -0.126. The molecule has 0 aliphatic carbocycles. The Balaban J connectivity index is 1.65. The lowest BCUT2D eigenvalue weighted by Crippen LogP contribution is -2.24. The summed E-state index contributed by atoms with van der Waals surface area (Å²) in [4.78, 5) is 24.1. The maximum absolute atomic E-state index is 12.0. The Kier molecular flexibility index (Phi) is 6.01. The predicted octanol–water partition coefficient (Wildman–Crippen LogP) is 3.64. The second-order valence-electron chi connectivity index (χ2n) is 6.24. The van der Waals surface area contributed by atoms with Crippen LogP contribution in [-0.4, -0.2) is 25.1 Å². The average molecular weight is 375 g/mol. The van der Waals surface area contributed by atoms with Crippen LogP contribution in [0.1, 0.15) is 17.5 Å². The molecule has 0 heterocycles. The summed E-state index contributed by atoms with van der Waals surface area (Å²) in [5, 5.41) is 8.70. The number of hydrogen-bond acceptors (Lipinski definition) is 4. The zero-order valence-corrected chi connectivity index (χ0v) is 15.7. The van der Waals surface area contributed by atoms with Gasteiger partial charge in [-0.1, -0.05) is 48.5 Å². The first kappa shape index (κ1) is 19.1. The van der Waals surface area contributed by atoms with Crippen molar-refractivity contribution in [3.63, 3.8) is 0 Å². The Labute approximate surface area is 163 Å². The van der Waals surface area contributed by atoms with E-state index in [0.717, 1.165) is 21.9 Å². The number of nitrogens with one attached hydrogen (secondary N) is 2. The van der Waals surface area contributed by atoms with Gasteiger partial charge in [0.2, 0.25) is 11.8 Å². The molecule has 0 spiro atoms. The number of fused-ring (bicyclic) bond motifs is 1. The highest BCUT2D eigenvalue weighted by Crippen LogP contribution is 2.26. The molecule has 0 fully saturated rings. The van der Waals surface area contributed by atoms with Gasteiger partial charge in [-0.15, -0.1) is 0 Å². The number of rotatable bonds is 6. The molecule has 0 saturated heterocycles. The van der Waals surface area contributed by atoms with E-state index in [4.69, 9.17) is 4.74 Å². The summed E-state index contributed by atoms with van der Waals surface area (Å²) in [6.07, 6.45) is 1.21. The van der Waals surface area contributed by atoms with Gasteiger partial charge in [-0.3, -0.25) is 9.59 Å². The van der Waals surface area contributed by atoms with Gasteiger partial charge in [0.25, 0.3) is 0 Å². The predicted molar refractivity (Wildman–Crippen MR) is 111 cm³/mol. The van der Waals surface area contributed by atoms with Crippen LogP contribution in [0.5, 0.6) is 5.75 Å². The van der Waals surface area contributed by atoms with E-state index >= 15 is 0 Å². The number of anilines is 1. The molecule has 0 aliphatic heterocycles. The van der Waals surface area contributed by atoms with Crippen LogP contribution in [0, 0.1) is 6.92 Å². The third-order valence-electron chi connectivity index (χ3n) is 4.27. The Morgan fingerprint density at radius 2 is 1.75 bits per heavy atom. The third kappa shape index (κ3) is 4.54. The quantitative estimate of drug-likeness (QED) is 0.392. The summed E-state index contributed by atoms with van der Waals surface area (Å²) < 4.78 is 5.39. The lowest BCUT2D eigenvalue weighted by Gasteiger charge is -2.09. The average Bonchev–Trinajstić information content (AvgIpc) is 2.69. The maximum atomic E-state index is 12.0. The van der Waals surface area contributed by atoms with Gasteiger partial charge in [-0.2, -0.15) is 5.10 Å². The van der Waals surface area contributed by atoms with Crippen molar-refractivity contribution in [3.05, 3.63) is 71.8 Å². The Hall–Kier alpha value is -3.67. The third-order valence-corrected chi connectivity index (χ3v) is 4.27. The lowest BCUT2D eigenvalue weighted by atomic mass is 10.0. The number of aryl methyl sites for hydroxylation is 1. The summed E-state index contributed by atoms with van der Waals surface area (Å²) in [6.45, 7) is 1.89. The minimum atomic E-state index is -0.499. The summed E-state index contributed by atoms with van der Waals surface area (Å²) in [6, 6.07) is 19.0. The van der Waals surface area contributed by atoms with E-state index < -0.39 is 11.8 Å². The molecule has 0 radical (unpaired) electrons. The normalized spacial score (nSPS) is 10.8. The molecule has 0 atom stereocenters. The van der Waals surface area contributed by atoms with Gasteiger partial charge in [0.15, 0.2) is 0 Å². The van der Waals surface area contributed by atoms with E-state index in [-0.39, 0.29) is 6.42 Å². The van der Waals surface area contributed by atoms with E-state index in [0.29, 0.717) is 11.4 Å². The number of amides is 2. The van der Waals surface area contributed by atoms with Crippen molar-refractivity contribution in [2.24, 2.45) is 5.10 Å². The number of carbonyl (C=O) groups excluding carboxylic acids is 2. The molecular weight excluding hydrogens is 354 g/mol. The molecule has 6 heteroatoms. The monoisotopic (exact) mass is 375 g/mol. The molecule has 0 bridgehead atoms. The first-order valence-electron chi connectivity index (χ1n) is 8.81. The summed E-state index contributed by atoms with van der Waals surface area (Å²) in [5.41, 5.74) is 4.76. The highest BCUT2D eigenvalue weighted by atomic mass is 16.5. The van der Waals surface area contributed by atoms with Crippen molar-refractivity contribution >= 4 is 34.5 Å². The van der Waals surface area contributed by atoms with Gasteiger partial charge in [0, 0.05) is 11.3 Å². The molecule has 0 unspecified atom stereocenters. The fourth-order valence-electron chi connectivity index (χ4n) is 2.85. The molecule has 3 aromatic rings. The Morgan fingerprint density at radius 1 is 1.00 bits per heavy atom. The highest BCUT2D eigenvalue weighted by molar-refractivity contribution is 6.05. The van der Waals surface area contributed by atoms with Gasteiger partial charge in [-0.25, -0.2) is 5.43 Å². The Morgan fingerprint density at radius 3 is 2.54 bits per heavy atom. The zero-order valence-electron chi connectivity index (χ0n) is 15.7. The number of methoxy groups -OCH3 is 1. The van der Waals surface area contributed by atoms with Crippen molar-refractivity contribution in [3.8, 4) is 5.75 Å². The van der Waals surface area contributed by atoms with E-state index in [1.54, 1.807) is 13.2 Å². The highest BCUT2D eigenvalue weighted by Gasteiger charge is 2.10. The van der Waals surface area contributed by atoms with Crippen LogP contribution < -0.4 is 15.5 Å². The summed E-state index contributed by atoms with van der Waals surface area (Å²) in [5.74, 6) is -0.250. The molecule has 0 aliphatic rings. The van der Waals surface area contributed by atoms with Crippen LogP contribution in [0.15, 0.2) is 65.8 Å². The molecule has 0 saturated carbocycles. The van der Waals surface area contributed by atoms with Crippen molar-refractivity contribution in [2.75, 3.05) is 12.4 Å².